The molecule has 5 heteroatoms. The molecular formula is C11H16N2O2S. The smallest absolute Gasteiger partial charge is 0.250 e. The summed E-state index contributed by atoms with van der Waals surface area (Å²) in [6.07, 6.45) is 3.13. The summed E-state index contributed by atoms with van der Waals surface area (Å²) in [5.41, 5.74) is 0.561. The number of hydrogen-bond acceptors (Lipinski definition) is 2. The highest BCUT2D eigenvalue weighted by Crippen LogP contribution is 2.11. The molecule has 1 heterocycles. The zero-order valence-electron chi connectivity index (χ0n) is 9.93. The van der Waals surface area contributed by atoms with Crippen LogP contribution in [0.3, 0.4) is 0 Å². The monoisotopic (exact) mass is 240 g/mol. The van der Waals surface area contributed by atoms with E-state index in [0.29, 0.717) is 5.56 Å². The van der Waals surface area contributed by atoms with Crippen LogP contribution in [-0.4, -0.2) is 19.7 Å². The molecule has 0 aromatic carbocycles. The third kappa shape index (κ3) is 3.41. The van der Waals surface area contributed by atoms with Gasteiger partial charge >= 0.3 is 0 Å². The first kappa shape index (κ1) is 12.8. The Morgan fingerprint density at radius 1 is 1.44 bits per heavy atom. The van der Waals surface area contributed by atoms with Gasteiger partial charge in [0.15, 0.2) is 0 Å². The Bertz CT molecular complexity index is 483. The summed E-state index contributed by atoms with van der Waals surface area (Å²) in [4.78, 5) is 11.3. The van der Waals surface area contributed by atoms with E-state index in [0.717, 1.165) is 0 Å². The molecule has 16 heavy (non-hydrogen) atoms. The zero-order chi connectivity index (χ0) is 12.3. The highest BCUT2D eigenvalue weighted by molar-refractivity contribution is 7.85. The van der Waals surface area contributed by atoms with Crippen LogP contribution in [0.15, 0.2) is 27.5 Å². The van der Waals surface area contributed by atoms with Crippen molar-refractivity contribution < 1.29 is 4.21 Å². The van der Waals surface area contributed by atoms with Gasteiger partial charge in [-0.3, -0.25) is 4.79 Å². The van der Waals surface area contributed by atoms with Crippen molar-refractivity contribution in [3.05, 3.63) is 34.2 Å². The fraction of sp³-hybridized carbons (Fsp3) is 0.455. The number of nitrogens with zero attached hydrogens (tertiary/aromatic N) is 2. The van der Waals surface area contributed by atoms with Crippen LogP contribution in [-0.2, 0) is 18.0 Å². The van der Waals surface area contributed by atoms with Crippen molar-refractivity contribution >= 4 is 17.2 Å². The third-order valence-electron chi connectivity index (χ3n) is 1.95. The van der Waals surface area contributed by atoms with Crippen molar-refractivity contribution in [2.24, 2.45) is 11.4 Å². The topological polar surface area (TPSA) is 51.4 Å². The van der Waals surface area contributed by atoms with Gasteiger partial charge in [0.1, 0.15) is 11.0 Å². The van der Waals surface area contributed by atoms with Crippen LogP contribution < -0.4 is 5.56 Å². The first-order chi connectivity index (χ1) is 7.30. The van der Waals surface area contributed by atoms with Crippen LogP contribution in [0.25, 0.3) is 0 Å². The predicted octanol–water partition coefficient (Wildman–Crippen LogP) is 1.27. The van der Waals surface area contributed by atoms with Gasteiger partial charge in [-0.25, -0.2) is 4.21 Å². The zero-order valence-corrected chi connectivity index (χ0v) is 10.7. The van der Waals surface area contributed by atoms with Crippen molar-refractivity contribution in [3.63, 3.8) is 0 Å². The lowest BCUT2D eigenvalue weighted by Gasteiger charge is -2.12. The summed E-state index contributed by atoms with van der Waals surface area (Å²) in [5, 5.41) is 0. The summed E-state index contributed by atoms with van der Waals surface area (Å²) in [7, 11) is 0.388. The average Bonchev–Trinajstić information content (AvgIpc) is 2.18. The van der Waals surface area contributed by atoms with Crippen LogP contribution in [0.2, 0.25) is 0 Å². The molecule has 0 aliphatic heterocycles. The Hall–Kier alpha value is -1.23. The van der Waals surface area contributed by atoms with Crippen molar-refractivity contribution in [1.29, 1.82) is 0 Å². The molecule has 0 fully saturated rings. The normalized spacial score (nSPS) is 14.2. The number of aryl methyl sites for hydroxylation is 1. The van der Waals surface area contributed by atoms with Crippen molar-refractivity contribution in [1.82, 2.24) is 4.57 Å². The number of aromatic nitrogens is 1. The Balaban J connectivity index is 2.90. The molecule has 1 atom stereocenters. The maximum absolute atomic E-state index is 11.6. The minimum atomic E-state index is -1.29. The van der Waals surface area contributed by atoms with E-state index in [-0.39, 0.29) is 10.3 Å². The molecule has 0 aliphatic carbocycles. The molecule has 88 valence electrons. The SMILES string of the molecule is Cn1ccc(C=NS(=O)C(C)(C)C)cc1=O. The second-order valence-electron chi connectivity index (χ2n) is 4.51. The van der Waals surface area contributed by atoms with Crippen LogP contribution in [0.1, 0.15) is 26.3 Å². The number of hydrogen-bond donors (Lipinski definition) is 0. The predicted molar refractivity (Wildman–Crippen MR) is 67.2 cm³/mol. The molecule has 0 aliphatic rings. The van der Waals surface area contributed by atoms with E-state index >= 15 is 0 Å². The van der Waals surface area contributed by atoms with E-state index in [2.05, 4.69) is 4.40 Å². The van der Waals surface area contributed by atoms with Gasteiger partial charge in [-0.15, -0.1) is 0 Å². The van der Waals surface area contributed by atoms with Gasteiger partial charge in [-0.1, -0.05) is 0 Å². The lowest BCUT2D eigenvalue weighted by Crippen LogP contribution is -2.20. The standard InChI is InChI=1S/C11H16N2O2S/c1-11(2,3)16(15)12-8-9-5-6-13(4)10(14)7-9/h5-8H,1-4H3. The average molecular weight is 240 g/mol. The van der Waals surface area contributed by atoms with Crippen LogP contribution in [0.4, 0.5) is 0 Å². The lowest BCUT2D eigenvalue weighted by atomic mass is 10.3. The highest BCUT2D eigenvalue weighted by Gasteiger charge is 2.17. The summed E-state index contributed by atoms with van der Waals surface area (Å²) in [5.74, 6) is 0. The van der Waals surface area contributed by atoms with Gasteiger partial charge < -0.3 is 4.57 Å². The minimum absolute atomic E-state index is 0.106. The minimum Gasteiger partial charge on any atom is -0.319 e. The van der Waals surface area contributed by atoms with Crippen LogP contribution >= 0.6 is 0 Å². The fourth-order valence-corrected chi connectivity index (χ4v) is 1.44. The van der Waals surface area contributed by atoms with Gasteiger partial charge in [-0.05, 0) is 26.8 Å². The maximum Gasteiger partial charge on any atom is 0.250 e. The Morgan fingerprint density at radius 2 is 2.06 bits per heavy atom. The van der Waals surface area contributed by atoms with Gasteiger partial charge in [-0.2, -0.15) is 4.40 Å². The van der Waals surface area contributed by atoms with E-state index in [9.17, 15) is 9.00 Å². The van der Waals surface area contributed by atoms with E-state index in [1.807, 2.05) is 20.8 Å². The lowest BCUT2D eigenvalue weighted by molar-refractivity contribution is 0.651. The first-order valence-corrected chi connectivity index (χ1v) is 6.04. The van der Waals surface area contributed by atoms with E-state index in [1.54, 1.807) is 19.3 Å². The summed E-state index contributed by atoms with van der Waals surface area (Å²) in [6.45, 7) is 5.55. The Labute approximate surface area is 97.6 Å². The quantitative estimate of drug-likeness (QED) is 0.731. The molecule has 0 bridgehead atoms. The molecule has 0 saturated carbocycles. The van der Waals surface area contributed by atoms with Crippen LogP contribution in [0.5, 0.6) is 0 Å². The van der Waals surface area contributed by atoms with Gasteiger partial charge in [0, 0.05) is 31.1 Å². The second kappa shape index (κ2) is 4.74. The van der Waals surface area contributed by atoms with Crippen LogP contribution in [0, 0.1) is 0 Å². The molecule has 0 saturated heterocycles. The molecule has 0 amide bonds. The maximum atomic E-state index is 11.6. The summed E-state index contributed by atoms with van der Waals surface area (Å²) >= 11 is 0. The number of pyridine rings is 1. The first-order valence-electron chi connectivity index (χ1n) is 4.93. The molecule has 0 spiro atoms. The molecule has 0 radical (unpaired) electrons. The second-order valence-corrected chi connectivity index (χ2v) is 6.44. The van der Waals surface area contributed by atoms with Gasteiger partial charge in [0.05, 0.1) is 4.75 Å². The molecule has 1 aromatic rings. The Morgan fingerprint density at radius 3 is 2.56 bits per heavy atom. The fourth-order valence-electron chi connectivity index (χ4n) is 0.911. The molecule has 1 unspecified atom stereocenters. The van der Waals surface area contributed by atoms with Crippen molar-refractivity contribution in [3.8, 4) is 0 Å². The summed E-state index contributed by atoms with van der Waals surface area (Å²) < 4.78 is 16.6. The molecular weight excluding hydrogens is 224 g/mol. The number of rotatable bonds is 2. The van der Waals surface area contributed by atoms with E-state index < -0.39 is 11.0 Å². The largest absolute Gasteiger partial charge is 0.319 e. The third-order valence-corrected chi connectivity index (χ3v) is 3.29. The van der Waals surface area contributed by atoms with Gasteiger partial charge in [0.25, 0.3) is 5.56 Å². The van der Waals surface area contributed by atoms with Gasteiger partial charge in [0.2, 0.25) is 0 Å². The van der Waals surface area contributed by atoms with Crippen molar-refractivity contribution in [2.45, 2.75) is 25.5 Å². The Kier molecular flexibility index (Phi) is 3.80. The molecule has 1 rings (SSSR count). The molecule has 0 N–H and O–H groups in total. The summed E-state index contributed by atoms with van der Waals surface area (Å²) in [6, 6.07) is 3.22. The van der Waals surface area contributed by atoms with E-state index in [1.165, 1.54) is 16.8 Å². The van der Waals surface area contributed by atoms with E-state index in [4.69, 9.17) is 0 Å². The molecule has 1 aromatic heterocycles. The molecule has 4 nitrogen and oxygen atoms in total. The highest BCUT2D eigenvalue weighted by atomic mass is 32.2. The van der Waals surface area contributed by atoms with Crippen molar-refractivity contribution in [2.75, 3.05) is 0 Å².